The van der Waals surface area contributed by atoms with Gasteiger partial charge in [-0.3, -0.25) is 4.72 Å². The van der Waals surface area contributed by atoms with Gasteiger partial charge in [-0.15, -0.1) is 0 Å². The Hall–Kier alpha value is -2.61. The first-order valence-electron chi connectivity index (χ1n) is 7.36. The van der Waals surface area contributed by atoms with Gasteiger partial charge in [0.05, 0.1) is 17.5 Å². The summed E-state index contributed by atoms with van der Waals surface area (Å²) in [6.07, 6.45) is 3.15. The third-order valence-corrected chi connectivity index (χ3v) is 4.47. The zero-order chi connectivity index (χ0) is 17.3. The Bertz CT molecular complexity index is 879. The summed E-state index contributed by atoms with van der Waals surface area (Å²) < 4.78 is 25.5. The molecule has 0 saturated heterocycles. The van der Waals surface area contributed by atoms with Gasteiger partial charge in [-0.25, -0.2) is 18.2 Å². The van der Waals surface area contributed by atoms with E-state index in [1.54, 1.807) is 12.1 Å². The van der Waals surface area contributed by atoms with Crippen LogP contribution in [0.15, 0.2) is 36.5 Å². The van der Waals surface area contributed by atoms with Crippen LogP contribution < -0.4 is 9.62 Å². The zero-order valence-corrected chi connectivity index (χ0v) is 13.9. The molecule has 0 unspecified atom stereocenters. The minimum Gasteiger partial charge on any atom is -0.478 e. The van der Waals surface area contributed by atoms with E-state index in [4.69, 9.17) is 5.11 Å². The van der Waals surface area contributed by atoms with E-state index in [0.29, 0.717) is 31.0 Å². The Kier molecular flexibility index (Phi) is 4.15. The van der Waals surface area contributed by atoms with Crippen LogP contribution in [0.4, 0.5) is 11.5 Å². The first kappa shape index (κ1) is 16.3. The standard InChI is InChI=1S/C16H17N3O4S/c1-24(22,23)18-14-4-2-3-12-10-19(8-7-13(12)14)15-6-5-11(9-17-15)16(20)21/h2-6,9,18H,7-8,10H2,1H3,(H,20,21). The number of aromatic nitrogens is 1. The predicted octanol–water partition coefficient (Wildman–Crippen LogP) is 1.71. The number of carboxylic acids is 1. The van der Waals surface area contributed by atoms with Crippen molar-refractivity contribution in [3.8, 4) is 0 Å². The summed E-state index contributed by atoms with van der Waals surface area (Å²) >= 11 is 0. The summed E-state index contributed by atoms with van der Waals surface area (Å²) in [7, 11) is -3.32. The lowest BCUT2D eigenvalue weighted by molar-refractivity contribution is 0.0696. The molecule has 0 atom stereocenters. The Morgan fingerprint density at radius 3 is 2.71 bits per heavy atom. The molecule has 0 amide bonds. The van der Waals surface area contributed by atoms with Crippen molar-refractivity contribution in [2.24, 2.45) is 0 Å². The number of fused-ring (bicyclic) bond motifs is 1. The number of aromatic carboxylic acids is 1. The number of rotatable bonds is 4. The first-order valence-corrected chi connectivity index (χ1v) is 9.25. The van der Waals surface area contributed by atoms with E-state index in [-0.39, 0.29) is 5.56 Å². The highest BCUT2D eigenvalue weighted by Gasteiger charge is 2.21. The first-order chi connectivity index (χ1) is 11.3. The van der Waals surface area contributed by atoms with Gasteiger partial charge in [-0.1, -0.05) is 12.1 Å². The van der Waals surface area contributed by atoms with Gasteiger partial charge >= 0.3 is 5.97 Å². The number of hydrogen-bond acceptors (Lipinski definition) is 5. The highest BCUT2D eigenvalue weighted by Crippen LogP contribution is 2.28. The van der Waals surface area contributed by atoms with Crippen LogP contribution in [-0.4, -0.2) is 37.3 Å². The van der Waals surface area contributed by atoms with Crippen molar-refractivity contribution in [2.45, 2.75) is 13.0 Å². The SMILES string of the molecule is CS(=O)(=O)Nc1cccc2c1CCN(c1ccc(C(=O)O)cn1)C2. The summed E-state index contributed by atoms with van der Waals surface area (Å²) in [5.74, 6) is -0.304. The Morgan fingerprint density at radius 1 is 1.29 bits per heavy atom. The fourth-order valence-corrected chi connectivity index (χ4v) is 3.39. The number of nitrogens with one attached hydrogen (secondary N) is 1. The second-order valence-electron chi connectivity index (χ2n) is 5.70. The summed E-state index contributed by atoms with van der Waals surface area (Å²) in [6, 6.07) is 8.75. The maximum atomic E-state index is 11.5. The highest BCUT2D eigenvalue weighted by atomic mass is 32.2. The molecule has 8 heteroatoms. The maximum absolute atomic E-state index is 11.5. The number of pyridine rings is 1. The molecule has 24 heavy (non-hydrogen) atoms. The van der Waals surface area contributed by atoms with Gasteiger partial charge < -0.3 is 10.0 Å². The Morgan fingerprint density at radius 2 is 2.08 bits per heavy atom. The van der Waals surface area contributed by atoms with E-state index < -0.39 is 16.0 Å². The summed E-state index contributed by atoms with van der Waals surface area (Å²) in [6.45, 7) is 1.27. The van der Waals surface area contributed by atoms with Gasteiger partial charge in [0.25, 0.3) is 0 Å². The van der Waals surface area contributed by atoms with Crippen molar-refractivity contribution in [1.29, 1.82) is 0 Å². The summed E-state index contributed by atoms with van der Waals surface area (Å²) in [5, 5.41) is 8.93. The third kappa shape index (κ3) is 3.48. The molecule has 1 aliphatic rings. The molecular formula is C16H17N3O4S. The second-order valence-corrected chi connectivity index (χ2v) is 7.45. The second kappa shape index (κ2) is 6.12. The molecule has 1 aromatic carbocycles. The topological polar surface area (TPSA) is 99.6 Å². The molecule has 0 saturated carbocycles. The maximum Gasteiger partial charge on any atom is 0.337 e. The number of benzene rings is 1. The Labute approximate surface area is 140 Å². The molecule has 2 aromatic rings. The van der Waals surface area contributed by atoms with Crippen LogP contribution >= 0.6 is 0 Å². The number of carbonyl (C=O) groups is 1. The molecule has 0 aliphatic carbocycles. The van der Waals surface area contributed by atoms with Gasteiger partial charge in [-0.2, -0.15) is 0 Å². The largest absolute Gasteiger partial charge is 0.478 e. The fraction of sp³-hybridized carbons (Fsp3) is 0.250. The minimum absolute atomic E-state index is 0.149. The zero-order valence-electron chi connectivity index (χ0n) is 13.1. The van der Waals surface area contributed by atoms with E-state index in [9.17, 15) is 13.2 Å². The van der Waals surface area contributed by atoms with Gasteiger partial charge in [0.15, 0.2) is 0 Å². The monoisotopic (exact) mass is 347 g/mol. The highest BCUT2D eigenvalue weighted by molar-refractivity contribution is 7.92. The van der Waals surface area contributed by atoms with Gasteiger partial charge in [-0.05, 0) is 35.7 Å². The van der Waals surface area contributed by atoms with E-state index in [0.717, 1.165) is 17.4 Å². The molecule has 2 N–H and O–H groups in total. The third-order valence-electron chi connectivity index (χ3n) is 3.88. The molecule has 0 fully saturated rings. The van der Waals surface area contributed by atoms with Crippen LogP contribution in [0.1, 0.15) is 21.5 Å². The Balaban J connectivity index is 1.84. The lowest BCUT2D eigenvalue weighted by Crippen LogP contribution is -2.31. The lowest BCUT2D eigenvalue weighted by atomic mass is 9.98. The van der Waals surface area contributed by atoms with Crippen molar-refractivity contribution in [2.75, 3.05) is 22.4 Å². The molecule has 0 radical (unpaired) electrons. The predicted molar refractivity (Wildman–Crippen MR) is 90.9 cm³/mol. The average Bonchev–Trinajstić information content (AvgIpc) is 2.53. The molecule has 3 rings (SSSR count). The molecule has 7 nitrogen and oxygen atoms in total. The van der Waals surface area contributed by atoms with E-state index in [2.05, 4.69) is 9.71 Å². The van der Waals surface area contributed by atoms with Crippen molar-refractivity contribution in [3.05, 3.63) is 53.2 Å². The molecule has 126 valence electrons. The number of anilines is 2. The van der Waals surface area contributed by atoms with Crippen LogP contribution in [0.5, 0.6) is 0 Å². The quantitative estimate of drug-likeness (QED) is 0.873. The number of sulfonamides is 1. The number of hydrogen-bond donors (Lipinski definition) is 2. The van der Waals surface area contributed by atoms with Crippen LogP contribution in [0.2, 0.25) is 0 Å². The minimum atomic E-state index is -3.32. The van der Waals surface area contributed by atoms with Crippen LogP contribution in [0.25, 0.3) is 0 Å². The molecule has 1 aliphatic heterocycles. The molecular weight excluding hydrogens is 330 g/mol. The van der Waals surface area contributed by atoms with Gasteiger partial charge in [0, 0.05) is 19.3 Å². The van der Waals surface area contributed by atoms with Crippen molar-refractivity contribution in [1.82, 2.24) is 4.98 Å². The van der Waals surface area contributed by atoms with E-state index >= 15 is 0 Å². The summed E-state index contributed by atoms with van der Waals surface area (Å²) in [4.78, 5) is 17.1. The van der Waals surface area contributed by atoms with E-state index in [1.807, 2.05) is 17.0 Å². The normalized spacial score (nSPS) is 14.1. The molecule has 0 spiro atoms. The molecule has 1 aromatic heterocycles. The molecule has 0 bridgehead atoms. The lowest BCUT2D eigenvalue weighted by Gasteiger charge is -2.31. The van der Waals surface area contributed by atoms with Crippen molar-refractivity contribution in [3.63, 3.8) is 0 Å². The van der Waals surface area contributed by atoms with Crippen LogP contribution in [0, 0.1) is 0 Å². The van der Waals surface area contributed by atoms with Crippen molar-refractivity contribution < 1.29 is 18.3 Å². The summed E-state index contributed by atoms with van der Waals surface area (Å²) in [5.41, 5.74) is 2.78. The fourth-order valence-electron chi connectivity index (χ4n) is 2.80. The van der Waals surface area contributed by atoms with Gasteiger partial charge in [0.1, 0.15) is 5.82 Å². The van der Waals surface area contributed by atoms with Crippen LogP contribution in [0.3, 0.4) is 0 Å². The average molecular weight is 347 g/mol. The van der Waals surface area contributed by atoms with Crippen molar-refractivity contribution >= 4 is 27.5 Å². The van der Waals surface area contributed by atoms with Crippen LogP contribution in [-0.2, 0) is 23.0 Å². The molecule has 2 heterocycles. The number of nitrogens with zero attached hydrogens (tertiary/aromatic N) is 2. The smallest absolute Gasteiger partial charge is 0.337 e. The number of carboxylic acid groups (broad SMARTS) is 1. The van der Waals surface area contributed by atoms with Gasteiger partial charge in [0.2, 0.25) is 10.0 Å². The van der Waals surface area contributed by atoms with E-state index in [1.165, 1.54) is 12.3 Å².